The number of nitrogens with zero attached hydrogens (tertiary/aromatic N) is 1. The summed E-state index contributed by atoms with van der Waals surface area (Å²) >= 11 is 5.84. The van der Waals surface area contributed by atoms with Crippen molar-refractivity contribution in [2.75, 3.05) is 6.61 Å². The van der Waals surface area contributed by atoms with E-state index >= 15 is 0 Å². The van der Waals surface area contributed by atoms with E-state index in [0.29, 0.717) is 6.07 Å². The number of nitro benzene ring substituents is 1. The molecule has 0 spiro atoms. The molecule has 0 aliphatic rings. The number of carbonyl (C=O) groups excluding carboxylic acids is 2. The number of benzene rings is 2. The van der Waals surface area contributed by atoms with Crippen molar-refractivity contribution in [1.29, 1.82) is 0 Å². The lowest BCUT2D eigenvalue weighted by atomic mass is 10.1. The minimum absolute atomic E-state index is 0.0755. The molecule has 0 aliphatic carbocycles. The van der Waals surface area contributed by atoms with Crippen molar-refractivity contribution in [2.24, 2.45) is 0 Å². The molecular formula is C21H15ClF3NO7. The molecule has 0 N–H and O–H groups in total. The van der Waals surface area contributed by atoms with Gasteiger partial charge in [-0.25, -0.2) is 9.59 Å². The molecule has 0 saturated carbocycles. The molecule has 2 aromatic carbocycles. The fraction of sp³-hybridized carbons (Fsp3) is 0.143. The lowest BCUT2D eigenvalue weighted by Crippen LogP contribution is -2.09. The number of allylic oxidation sites excluding steroid dienone is 1. The second-order valence-corrected chi connectivity index (χ2v) is 6.65. The summed E-state index contributed by atoms with van der Waals surface area (Å²) in [6, 6.07) is 5.38. The highest BCUT2D eigenvalue weighted by molar-refractivity contribution is 6.32. The van der Waals surface area contributed by atoms with E-state index < -0.39 is 39.9 Å². The van der Waals surface area contributed by atoms with E-state index in [1.165, 1.54) is 13.0 Å². The Bertz CT molecular complexity index is 1130. The Labute approximate surface area is 190 Å². The lowest BCUT2D eigenvalue weighted by Gasteiger charge is -2.12. The number of alkyl halides is 3. The molecule has 0 fully saturated rings. The summed E-state index contributed by atoms with van der Waals surface area (Å²) in [6.07, 6.45) is -2.43. The molecule has 33 heavy (non-hydrogen) atoms. The van der Waals surface area contributed by atoms with Gasteiger partial charge >= 0.3 is 18.1 Å². The van der Waals surface area contributed by atoms with E-state index in [0.717, 1.165) is 36.4 Å². The highest BCUT2D eigenvalue weighted by Gasteiger charge is 2.31. The maximum atomic E-state index is 12.8. The van der Waals surface area contributed by atoms with Crippen LogP contribution in [-0.4, -0.2) is 23.5 Å². The second kappa shape index (κ2) is 10.6. The first-order chi connectivity index (χ1) is 15.4. The number of nitro groups is 1. The van der Waals surface area contributed by atoms with Crippen LogP contribution in [0.5, 0.6) is 11.5 Å². The van der Waals surface area contributed by atoms with Crippen LogP contribution >= 0.6 is 11.6 Å². The van der Waals surface area contributed by atoms with Crippen molar-refractivity contribution in [3.8, 4) is 11.5 Å². The maximum Gasteiger partial charge on any atom is 0.416 e. The summed E-state index contributed by atoms with van der Waals surface area (Å²) in [5, 5.41) is 10.9. The van der Waals surface area contributed by atoms with Crippen LogP contribution < -0.4 is 4.74 Å². The molecule has 8 nitrogen and oxygen atoms in total. The predicted molar refractivity (Wildman–Crippen MR) is 110 cm³/mol. The molecule has 0 aromatic heterocycles. The summed E-state index contributed by atoms with van der Waals surface area (Å²) in [4.78, 5) is 34.4. The number of halogens is 4. The van der Waals surface area contributed by atoms with Crippen LogP contribution in [0.2, 0.25) is 5.02 Å². The molecular weight excluding hydrogens is 471 g/mol. The van der Waals surface area contributed by atoms with Crippen LogP contribution in [0.15, 0.2) is 60.9 Å². The highest BCUT2D eigenvalue weighted by atomic mass is 35.5. The van der Waals surface area contributed by atoms with Crippen LogP contribution in [0.1, 0.15) is 22.8 Å². The first kappa shape index (κ1) is 25.4. The normalized spacial score (nSPS) is 11.5. The lowest BCUT2D eigenvalue weighted by molar-refractivity contribution is -0.385. The number of ether oxygens (including phenoxy) is 3. The average molecular weight is 486 g/mol. The number of carbonyl (C=O) groups is 2. The largest absolute Gasteiger partial charge is 0.458 e. The third-order valence-corrected chi connectivity index (χ3v) is 4.09. The van der Waals surface area contributed by atoms with Gasteiger partial charge in [-0.2, -0.15) is 13.2 Å². The zero-order chi connectivity index (χ0) is 24.8. The molecule has 0 aliphatic heterocycles. The van der Waals surface area contributed by atoms with Crippen molar-refractivity contribution in [3.63, 3.8) is 0 Å². The van der Waals surface area contributed by atoms with E-state index in [2.05, 4.69) is 6.58 Å². The third-order valence-electron chi connectivity index (χ3n) is 3.79. The SMILES string of the molecule is C=CCOC(=O)/C=C(\C)OC(=O)c1cc(Oc2ccc(C(F)(F)F)cc2Cl)ccc1[N+](=O)[O-]. The van der Waals surface area contributed by atoms with E-state index in [1.54, 1.807) is 0 Å². The van der Waals surface area contributed by atoms with Gasteiger partial charge in [0.1, 0.15) is 29.4 Å². The molecule has 0 saturated heterocycles. The van der Waals surface area contributed by atoms with Gasteiger partial charge in [-0.15, -0.1) is 0 Å². The van der Waals surface area contributed by atoms with Crippen molar-refractivity contribution >= 4 is 29.2 Å². The zero-order valence-corrected chi connectivity index (χ0v) is 17.6. The zero-order valence-electron chi connectivity index (χ0n) is 16.8. The van der Waals surface area contributed by atoms with E-state index in [-0.39, 0.29) is 28.9 Å². The molecule has 0 heterocycles. The van der Waals surface area contributed by atoms with Gasteiger partial charge in [0.25, 0.3) is 5.69 Å². The molecule has 2 rings (SSSR count). The molecule has 12 heteroatoms. The quantitative estimate of drug-likeness (QED) is 0.115. The van der Waals surface area contributed by atoms with Crippen molar-refractivity contribution < 1.29 is 41.9 Å². The fourth-order valence-corrected chi connectivity index (χ4v) is 2.59. The molecule has 0 atom stereocenters. The number of hydrogen-bond donors (Lipinski definition) is 0. The minimum atomic E-state index is -4.62. The Kier molecular flexibility index (Phi) is 8.19. The first-order valence-electron chi connectivity index (χ1n) is 8.93. The summed E-state index contributed by atoms with van der Waals surface area (Å²) < 4.78 is 53.4. The Balaban J connectivity index is 2.30. The van der Waals surface area contributed by atoms with Crippen LogP contribution in [0.3, 0.4) is 0 Å². The molecule has 0 unspecified atom stereocenters. The minimum Gasteiger partial charge on any atom is -0.458 e. The summed E-state index contributed by atoms with van der Waals surface area (Å²) in [6.45, 7) is 4.54. The van der Waals surface area contributed by atoms with Gasteiger partial charge in [0.2, 0.25) is 0 Å². The molecule has 0 amide bonds. The monoisotopic (exact) mass is 485 g/mol. The molecule has 0 bridgehead atoms. The Morgan fingerprint density at radius 2 is 1.91 bits per heavy atom. The predicted octanol–water partition coefficient (Wildman–Crippen LogP) is 5.85. The van der Waals surface area contributed by atoms with Crippen LogP contribution in [0, 0.1) is 10.1 Å². The van der Waals surface area contributed by atoms with Crippen LogP contribution in [0.4, 0.5) is 18.9 Å². The highest BCUT2D eigenvalue weighted by Crippen LogP contribution is 2.37. The number of rotatable bonds is 8. The maximum absolute atomic E-state index is 12.8. The number of hydrogen-bond acceptors (Lipinski definition) is 7. The Morgan fingerprint density at radius 1 is 1.21 bits per heavy atom. The van der Waals surface area contributed by atoms with Crippen molar-refractivity contribution in [1.82, 2.24) is 0 Å². The Hall–Kier alpha value is -3.86. The van der Waals surface area contributed by atoms with Gasteiger partial charge in [-0.3, -0.25) is 10.1 Å². The molecule has 2 aromatic rings. The average Bonchev–Trinajstić information content (AvgIpc) is 2.72. The van der Waals surface area contributed by atoms with Crippen LogP contribution in [-0.2, 0) is 20.4 Å². The third kappa shape index (κ3) is 7.07. The molecule has 174 valence electrons. The standard InChI is InChI=1S/C21H15ClF3NO7/c1-3-8-31-19(27)9-12(2)32-20(28)15-11-14(5-6-17(15)26(29)30)33-18-7-4-13(10-16(18)22)21(23,24)25/h3-7,9-11H,1,8H2,2H3/b12-9+. The van der Waals surface area contributed by atoms with Gasteiger partial charge in [-0.05, 0) is 31.2 Å². The van der Waals surface area contributed by atoms with Gasteiger partial charge in [0, 0.05) is 12.1 Å². The summed E-state index contributed by atoms with van der Waals surface area (Å²) in [7, 11) is 0. The second-order valence-electron chi connectivity index (χ2n) is 6.24. The van der Waals surface area contributed by atoms with Crippen LogP contribution in [0.25, 0.3) is 0 Å². The van der Waals surface area contributed by atoms with E-state index in [1.807, 2.05) is 0 Å². The van der Waals surface area contributed by atoms with Gasteiger partial charge < -0.3 is 14.2 Å². The summed E-state index contributed by atoms with van der Waals surface area (Å²) in [5.74, 6) is -2.54. The van der Waals surface area contributed by atoms with E-state index in [9.17, 15) is 32.9 Å². The topological polar surface area (TPSA) is 105 Å². The van der Waals surface area contributed by atoms with Crippen molar-refractivity contribution in [3.05, 3.63) is 87.2 Å². The smallest absolute Gasteiger partial charge is 0.416 e. The fourth-order valence-electron chi connectivity index (χ4n) is 2.37. The van der Waals surface area contributed by atoms with Gasteiger partial charge in [-0.1, -0.05) is 24.3 Å². The first-order valence-corrected chi connectivity index (χ1v) is 9.31. The Morgan fingerprint density at radius 3 is 2.48 bits per heavy atom. The number of esters is 2. The van der Waals surface area contributed by atoms with E-state index in [4.69, 9.17) is 25.8 Å². The van der Waals surface area contributed by atoms with Gasteiger partial charge in [0.05, 0.1) is 21.6 Å². The molecule has 0 radical (unpaired) electrons. The van der Waals surface area contributed by atoms with Crippen molar-refractivity contribution in [2.45, 2.75) is 13.1 Å². The van der Waals surface area contributed by atoms with Gasteiger partial charge in [0.15, 0.2) is 0 Å². The summed E-state index contributed by atoms with van der Waals surface area (Å²) in [5.41, 5.74) is -2.16.